The Morgan fingerprint density at radius 2 is 1.72 bits per heavy atom. The van der Waals surface area contributed by atoms with E-state index in [0.29, 0.717) is 18.7 Å². The van der Waals surface area contributed by atoms with Crippen LogP contribution in [-0.4, -0.2) is 35.4 Å². The average molecular weight is 437 g/mol. The van der Waals surface area contributed by atoms with Gasteiger partial charge < -0.3 is 15.0 Å². The molecule has 32 heavy (non-hydrogen) atoms. The van der Waals surface area contributed by atoms with E-state index in [2.05, 4.69) is 11.4 Å². The lowest BCUT2D eigenvalue weighted by Gasteiger charge is -2.32. The minimum Gasteiger partial charge on any atom is -0.484 e. The van der Waals surface area contributed by atoms with E-state index in [-0.39, 0.29) is 24.5 Å². The molecule has 1 aliphatic carbocycles. The van der Waals surface area contributed by atoms with Crippen LogP contribution in [0.15, 0.2) is 42.5 Å². The van der Waals surface area contributed by atoms with Crippen LogP contribution in [0.3, 0.4) is 0 Å². The van der Waals surface area contributed by atoms with E-state index in [0.717, 1.165) is 47.9 Å². The molecule has 0 aliphatic heterocycles. The number of amides is 2. The number of carbonyl (C=O) groups is 2. The van der Waals surface area contributed by atoms with Crippen molar-refractivity contribution in [2.75, 3.05) is 6.61 Å². The molecule has 2 aromatic carbocycles. The maximum Gasteiger partial charge on any atom is 0.261 e. The topological polar surface area (TPSA) is 58.6 Å². The lowest BCUT2D eigenvalue weighted by Crippen LogP contribution is -2.52. The number of rotatable bonds is 9. The van der Waals surface area contributed by atoms with Crippen LogP contribution in [0.1, 0.15) is 61.3 Å². The van der Waals surface area contributed by atoms with Gasteiger partial charge in [-0.15, -0.1) is 0 Å². The van der Waals surface area contributed by atoms with Crippen molar-refractivity contribution in [1.29, 1.82) is 0 Å². The van der Waals surface area contributed by atoms with Crippen LogP contribution in [0.2, 0.25) is 0 Å². The molecular formula is C27H36N2O3. The smallest absolute Gasteiger partial charge is 0.261 e. The monoisotopic (exact) mass is 436 g/mol. The first-order valence-electron chi connectivity index (χ1n) is 11.7. The second kappa shape index (κ2) is 11.2. The summed E-state index contributed by atoms with van der Waals surface area (Å²) in [6.07, 6.45) is 4.89. The molecule has 0 bridgehead atoms. The van der Waals surface area contributed by atoms with Gasteiger partial charge in [0.1, 0.15) is 11.8 Å². The number of nitrogens with one attached hydrogen (secondary N) is 1. The number of nitrogens with zero attached hydrogens (tertiary/aromatic N) is 1. The van der Waals surface area contributed by atoms with Crippen LogP contribution in [0, 0.1) is 20.8 Å². The van der Waals surface area contributed by atoms with E-state index < -0.39 is 6.04 Å². The maximum absolute atomic E-state index is 13.4. The normalized spacial score (nSPS) is 14.8. The molecule has 0 spiro atoms. The van der Waals surface area contributed by atoms with Crippen LogP contribution < -0.4 is 10.1 Å². The zero-order valence-corrected chi connectivity index (χ0v) is 19.8. The minimum absolute atomic E-state index is 0.0623. The number of carbonyl (C=O) groups excluding carboxylic acids is 2. The zero-order valence-electron chi connectivity index (χ0n) is 19.8. The number of ether oxygens (including phenoxy) is 1. The van der Waals surface area contributed by atoms with Gasteiger partial charge in [-0.05, 0) is 74.4 Å². The van der Waals surface area contributed by atoms with Crippen molar-refractivity contribution in [1.82, 2.24) is 10.2 Å². The standard InChI is InChI=1S/C27H36N2O3/c1-5-25(27(31)28-23-12-8-9-13-23)29(17-22-11-7-6-10-21(22)4)26(30)18-32-24-15-19(2)14-20(3)16-24/h6-7,10-11,14-16,23,25H,5,8-9,12-13,17-18H2,1-4H3,(H,28,31). The van der Waals surface area contributed by atoms with E-state index >= 15 is 0 Å². The molecule has 0 saturated heterocycles. The quantitative estimate of drug-likeness (QED) is 0.611. The molecule has 172 valence electrons. The molecule has 5 heteroatoms. The molecule has 0 heterocycles. The molecule has 2 aromatic rings. The first kappa shape index (κ1) is 23.8. The number of aryl methyl sites for hydroxylation is 3. The van der Waals surface area contributed by atoms with Gasteiger partial charge in [0, 0.05) is 12.6 Å². The van der Waals surface area contributed by atoms with Gasteiger partial charge in [0.15, 0.2) is 6.61 Å². The summed E-state index contributed by atoms with van der Waals surface area (Å²) in [7, 11) is 0. The summed E-state index contributed by atoms with van der Waals surface area (Å²) in [5.41, 5.74) is 4.32. The first-order valence-corrected chi connectivity index (χ1v) is 11.7. The molecule has 1 atom stereocenters. The van der Waals surface area contributed by atoms with Crippen molar-refractivity contribution >= 4 is 11.8 Å². The molecule has 1 N–H and O–H groups in total. The van der Waals surface area contributed by atoms with Gasteiger partial charge in [0.05, 0.1) is 0 Å². The van der Waals surface area contributed by atoms with E-state index in [1.165, 1.54) is 0 Å². The molecule has 1 saturated carbocycles. The van der Waals surface area contributed by atoms with Crippen molar-refractivity contribution in [2.45, 2.75) is 78.4 Å². The fraction of sp³-hybridized carbons (Fsp3) is 0.481. The van der Waals surface area contributed by atoms with Crippen molar-refractivity contribution in [3.8, 4) is 5.75 Å². The largest absolute Gasteiger partial charge is 0.484 e. The fourth-order valence-electron chi connectivity index (χ4n) is 4.50. The number of hydrogen-bond acceptors (Lipinski definition) is 3. The summed E-state index contributed by atoms with van der Waals surface area (Å²) >= 11 is 0. The van der Waals surface area contributed by atoms with Gasteiger partial charge in [0.2, 0.25) is 5.91 Å². The van der Waals surface area contributed by atoms with Crippen LogP contribution in [0.4, 0.5) is 0 Å². The Morgan fingerprint density at radius 3 is 2.34 bits per heavy atom. The average Bonchev–Trinajstić information content (AvgIpc) is 3.25. The Morgan fingerprint density at radius 1 is 1.06 bits per heavy atom. The van der Waals surface area contributed by atoms with E-state index in [9.17, 15) is 9.59 Å². The maximum atomic E-state index is 13.4. The molecule has 0 aromatic heterocycles. The lowest BCUT2D eigenvalue weighted by molar-refractivity contribution is -0.143. The summed E-state index contributed by atoms with van der Waals surface area (Å²) in [4.78, 5) is 28.2. The molecule has 3 rings (SSSR count). The third-order valence-corrected chi connectivity index (χ3v) is 6.25. The van der Waals surface area contributed by atoms with Crippen LogP contribution in [-0.2, 0) is 16.1 Å². The van der Waals surface area contributed by atoms with Gasteiger partial charge in [-0.25, -0.2) is 0 Å². The van der Waals surface area contributed by atoms with Crippen molar-refractivity contribution in [3.05, 3.63) is 64.7 Å². The van der Waals surface area contributed by atoms with Crippen molar-refractivity contribution in [3.63, 3.8) is 0 Å². The molecular weight excluding hydrogens is 400 g/mol. The second-order valence-corrected chi connectivity index (χ2v) is 8.97. The van der Waals surface area contributed by atoms with Crippen LogP contribution in [0.25, 0.3) is 0 Å². The molecule has 5 nitrogen and oxygen atoms in total. The van der Waals surface area contributed by atoms with E-state index in [4.69, 9.17) is 4.74 Å². The highest BCUT2D eigenvalue weighted by Crippen LogP contribution is 2.21. The van der Waals surface area contributed by atoms with E-state index in [1.807, 2.05) is 64.1 Å². The highest BCUT2D eigenvalue weighted by molar-refractivity contribution is 5.88. The lowest BCUT2D eigenvalue weighted by atomic mass is 10.1. The summed E-state index contributed by atoms with van der Waals surface area (Å²) in [6.45, 7) is 8.30. The summed E-state index contributed by atoms with van der Waals surface area (Å²) < 4.78 is 5.86. The molecule has 1 fully saturated rings. The first-order chi connectivity index (χ1) is 15.4. The predicted molar refractivity (Wildman–Crippen MR) is 128 cm³/mol. The van der Waals surface area contributed by atoms with Gasteiger partial charge in [-0.2, -0.15) is 0 Å². The fourth-order valence-corrected chi connectivity index (χ4v) is 4.50. The Hall–Kier alpha value is -2.82. The Labute approximate surface area is 192 Å². The SMILES string of the molecule is CCC(C(=O)NC1CCCC1)N(Cc1ccccc1C)C(=O)COc1cc(C)cc(C)c1. The van der Waals surface area contributed by atoms with Crippen molar-refractivity contribution in [2.24, 2.45) is 0 Å². The van der Waals surface area contributed by atoms with Gasteiger partial charge >= 0.3 is 0 Å². The Balaban J connectivity index is 1.78. The molecule has 1 aliphatic rings. The van der Waals surface area contributed by atoms with Gasteiger partial charge in [-0.3, -0.25) is 9.59 Å². The minimum atomic E-state index is -0.523. The second-order valence-electron chi connectivity index (χ2n) is 8.97. The Kier molecular flexibility index (Phi) is 8.32. The van der Waals surface area contributed by atoms with Gasteiger partial charge in [-0.1, -0.05) is 50.1 Å². The molecule has 0 radical (unpaired) electrons. The van der Waals surface area contributed by atoms with Crippen molar-refractivity contribution < 1.29 is 14.3 Å². The van der Waals surface area contributed by atoms with Gasteiger partial charge in [0.25, 0.3) is 5.91 Å². The summed E-state index contributed by atoms with van der Waals surface area (Å²) in [5.74, 6) is 0.434. The highest BCUT2D eigenvalue weighted by atomic mass is 16.5. The Bertz CT molecular complexity index is 914. The van der Waals surface area contributed by atoms with E-state index in [1.54, 1.807) is 4.90 Å². The molecule has 2 amide bonds. The summed E-state index contributed by atoms with van der Waals surface area (Å²) in [5, 5.41) is 3.18. The molecule has 1 unspecified atom stereocenters. The predicted octanol–water partition coefficient (Wildman–Crippen LogP) is 4.86. The number of hydrogen-bond donors (Lipinski definition) is 1. The van der Waals surface area contributed by atoms with Crippen LogP contribution >= 0.6 is 0 Å². The summed E-state index contributed by atoms with van der Waals surface area (Å²) in [6, 6.07) is 13.6. The zero-order chi connectivity index (χ0) is 23.1. The van der Waals surface area contributed by atoms with Crippen LogP contribution in [0.5, 0.6) is 5.75 Å². The third kappa shape index (κ3) is 6.35. The third-order valence-electron chi connectivity index (χ3n) is 6.25. The number of benzene rings is 2. The highest BCUT2D eigenvalue weighted by Gasteiger charge is 2.31.